The van der Waals surface area contributed by atoms with Crippen molar-refractivity contribution in [3.8, 4) is 0 Å². The van der Waals surface area contributed by atoms with Gasteiger partial charge in [-0.3, -0.25) is 9.78 Å². The molecule has 20 heavy (non-hydrogen) atoms. The minimum atomic E-state index is -0.226. The Morgan fingerprint density at radius 3 is 2.75 bits per heavy atom. The normalized spacial score (nSPS) is 10.3. The highest BCUT2D eigenvalue weighted by molar-refractivity contribution is 7.18. The summed E-state index contributed by atoms with van der Waals surface area (Å²) in [6.07, 6.45) is 0. The van der Waals surface area contributed by atoms with E-state index in [0.717, 1.165) is 11.4 Å². The highest BCUT2D eigenvalue weighted by atomic mass is 32.1. The summed E-state index contributed by atoms with van der Waals surface area (Å²) in [5.41, 5.74) is 7.50. The van der Waals surface area contributed by atoms with Crippen LogP contribution in [0.15, 0.2) is 18.2 Å². The molecule has 106 valence electrons. The highest BCUT2D eigenvalue weighted by Crippen LogP contribution is 2.26. The van der Waals surface area contributed by atoms with Crippen molar-refractivity contribution in [2.75, 3.05) is 24.7 Å². The number of amides is 1. The van der Waals surface area contributed by atoms with Gasteiger partial charge in [0, 0.05) is 19.8 Å². The number of rotatable bonds is 4. The van der Waals surface area contributed by atoms with Crippen LogP contribution in [0.4, 0.5) is 10.9 Å². The maximum Gasteiger partial charge on any atom is 0.265 e. The summed E-state index contributed by atoms with van der Waals surface area (Å²) in [7, 11) is 3.72. The zero-order valence-electron chi connectivity index (χ0n) is 11.7. The van der Waals surface area contributed by atoms with Gasteiger partial charge in [0.1, 0.15) is 10.7 Å². The summed E-state index contributed by atoms with van der Waals surface area (Å²) in [5.74, 6) is 0.0322. The van der Waals surface area contributed by atoms with Gasteiger partial charge in [-0.1, -0.05) is 17.4 Å². The first-order valence-corrected chi connectivity index (χ1v) is 6.93. The number of carbonyl (C=O) groups excluding carboxylic acids is 1. The first kappa shape index (κ1) is 14.3. The Morgan fingerprint density at radius 1 is 1.40 bits per heavy atom. The Hall–Kier alpha value is -2.15. The van der Waals surface area contributed by atoms with Crippen LogP contribution in [0, 0.1) is 6.92 Å². The number of hydrogen-bond acceptors (Lipinski definition) is 6. The smallest absolute Gasteiger partial charge is 0.265 e. The van der Waals surface area contributed by atoms with Crippen LogP contribution in [0.3, 0.4) is 0 Å². The molecule has 6 nitrogen and oxygen atoms in total. The first-order chi connectivity index (χ1) is 9.47. The zero-order chi connectivity index (χ0) is 14.7. The van der Waals surface area contributed by atoms with Crippen LogP contribution in [-0.4, -0.2) is 30.0 Å². The third-order valence-corrected chi connectivity index (χ3v) is 3.84. The summed E-state index contributed by atoms with van der Waals surface area (Å²) < 4.78 is 0. The van der Waals surface area contributed by atoms with Crippen molar-refractivity contribution in [2.45, 2.75) is 13.5 Å². The molecule has 0 aliphatic carbocycles. The Kier molecular flexibility index (Phi) is 4.19. The lowest BCUT2D eigenvalue weighted by Crippen LogP contribution is -2.23. The molecule has 0 saturated heterocycles. The van der Waals surface area contributed by atoms with Gasteiger partial charge in [0.05, 0.1) is 12.2 Å². The number of nitrogen functional groups attached to an aromatic ring is 1. The fraction of sp³-hybridized carbons (Fsp3) is 0.308. The average Bonchev–Trinajstić information content (AvgIpc) is 2.78. The minimum absolute atomic E-state index is 0.226. The molecule has 0 fully saturated rings. The number of aromatic nitrogens is 2. The van der Waals surface area contributed by atoms with Gasteiger partial charge in [-0.15, -0.1) is 0 Å². The van der Waals surface area contributed by atoms with E-state index in [4.69, 9.17) is 5.73 Å². The fourth-order valence-corrected chi connectivity index (χ4v) is 2.45. The fourth-order valence-electron chi connectivity index (χ4n) is 1.62. The Labute approximate surface area is 121 Å². The number of aryl methyl sites for hydroxylation is 1. The number of nitrogens with one attached hydrogen (secondary N) is 1. The van der Waals surface area contributed by atoms with Gasteiger partial charge in [-0.2, -0.15) is 0 Å². The van der Waals surface area contributed by atoms with Crippen LogP contribution in [0.25, 0.3) is 0 Å². The molecule has 1 amide bonds. The second kappa shape index (κ2) is 5.87. The predicted molar refractivity (Wildman–Crippen MR) is 81.0 cm³/mol. The maximum absolute atomic E-state index is 12.1. The van der Waals surface area contributed by atoms with Crippen molar-refractivity contribution in [3.63, 3.8) is 0 Å². The van der Waals surface area contributed by atoms with E-state index in [2.05, 4.69) is 15.3 Å². The van der Waals surface area contributed by atoms with Crippen LogP contribution in [-0.2, 0) is 6.54 Å². The van der Waals surface area contributed by atoms with E-state index >= 15 is 0 Å². The second-order valence-electron chi connectivity index (χ2n) is 4.56. The van der Waals surface area contributed by atoms with Crippen LogP contribution in [0.2, 0.25) is 0 Å². The molecule has 2 aromatic rings. The van der Waals surface area contributed by atoms with Crippen LogP contribution in [0.5, 0.6) is 0 Å². The Bertz CT molecular complexity index is 623. The van der Waals surface area contributed by atoms with Gasteiger partial charge < -0.3 is 16.0 Å². The number of carbonyl (C=O) groups is 1. The lowest BCUT2D eigenvalue weighted by Gasteiger charge is -2.05. The molecule has 0 bridgehead atoms. The summed E-state index contributed by atoms with van der Waals surface area (Å²) in [5, 5.41) is 3.52. The van der Waals surface area contributed by atoms with Crippen molar-refractivity contribution in [1.82, 2.24) is 15.3 Å². The van der Waals surface area contributed by atoms with Crippen molar-refractivity contribution in [1.29, 1.82) is 0 Å². The molecule has 0 aromatic carbocycles. The SMILES string of the molecule is Cc1cccc(CNC(=O)c2sc(N(C)C)nc2N)n1. The number of thiazole rings is 1. The van der Waals surface area contributed by atoms with E-state index in [1.807, 2.05) is 44.1 Å². The van der Waals surface area contributed by atoms with Gasteiger partial charge in [0.25, 0.3) is 5.91 Å². The van der Waals surface area contributed by atoms with E-state index in [1.54, 1.807) is 0 Å². The summed E-state index contributed by atoms with van der Waals surface area (Å²) >= 11 is 1.27. The zero-order valence-corrected chi connectivity index (χ0v) is 12.5. The quantitative estimate of drug-likeness (QED) is 0.890. The molecule has 2 heterocycles. The molecule has 0 atom stereocenters. The van der Waals surface area contributed by atoms with E-state index in [-0.39, 0.29) is 11.7 Å². The van der Waals surface area contributed by atoms with Gasteiger partial charge in [0.2, 0.25) is 0 Å². The molecule has 3 N–H and O–H groups in total. The van der Waals surface area contributed by atoms with Crippen molar-refractivity contribution >= 4 is 28.2 Å². The van der Waals surface area contributed by atoms with Gasteiger partial charge in [0.15, 0.2) is 5.13 Å². The number of pyridine rings is 1. The summed E-state index contributed by atoms with van der Waals surface area (Å²) in [6, 6.07) is 5.69. The summed E-state index contributed by atoms with van der Waals surface area (Å²) in [4.78, 5) is 22.8. The standard InChI is InChI=1S/C13H17N5OS/c1-8-5-4-6-9(16-8)7-15-12(19)10-11(14)17-13(20-10)18(2)3/h4-6H,7,14H2,1-3H3,(H,15,19). The van der Waals surface area contributed by atoms with Gasteiger partial charge in [-0.25, -0.2) is 4.98 Å². The van der Waals surface area contributed by atoms with E-state index in [1.165, 1.54) is 11.3 Å². The molecule has 2 aromatic heterocycles. The van der Waals surface area contributed by atoms with E-state index in [9.17, 15) is 4.79 Å². The molecule has 7 heteroatoms. The minimum Gasteiger partial charge on any atom is -0.382 e. The molecular weight excluding hydrogens is 274 g/mol. The monoisotopic (exact) mass is 291 g/mol. The largest absolute Gasteiger partial charge is 0.382 e. The van der Waals surface area contributed by atoms with Crippen LogP contribution >= 0.6 is 11.3 Å². The number of hydrogen-bond donors (Lipinski definition) is 2. The second-order valence-corrected chi connectivity index (χ2v) is 5.54. The number of anilines is 2. The highest BCUT2D eigenvalue weighted by Gasteiger charge is 2.16. The first-order valence-electron chi connectivity index (χ1n) is 6.11. The third kappa shape index (κ3) is 3.24. The molecule has 0 unspecified atom stereocenters. The van der Waals surface area contributed by atoms with Crippen molar-refractivity contribution in [3.05, 3.63) is 34.5 Å². The van der Waals surface area contributed by atoms with Crippen molar-refractivity contribution < 1.29 is 4.79 Å². The van der Waals surface area contributed by atoms with Crippen molar-refractivity contribution in [2.24, 2.45) is 0 Å². The van der Waals surface area contributed by atoms with E-state index in [0.29, 0.717) is 16.6 Å². The summed E-state index contributed by atoms with van der Waals surface area (Å²) in [6.45, 7) is 2.28. The Balaban J connectivity index is 2.05. The number of nitrogens with zero attached hydrogens (tertiary/aromatic N) is 3. The van der Waals surface area contributed by atoms with Gasteiger partial charge in [-0.05, 0) is 19.1 Å². The molecule has 2 rings (SSSR count). The lowest BCUT2D eigenvalue weighted by molar-refractivity contribution is 0.0955. The predicted octanol–water partition coefficient (Wildman–Crippen LogP) is 1.42. The van der Waals surface area contributed by atoms with Crippen LogP contribution < -0.4 is 16.0 Å². The van der Waals surface area contributed by atoms with E-state index < -0.39 is 0 Å². The molecule has 0 aliphatic rings. The van der Waals surface area contributed by atoms with Gasteiger partial charge >= 0.3 is 0 Å². The topological polar surface area (TPSA) is 84.1 Å². The molecule has 0 spiro atoms. The number of nitrogens with two attached hydrogens (primary N) is 1. The molecule has 0 aliphatic heterocycles. The molecule has 0 radical (unpaired) electrons. The third-order valence-electron chi connectivity index (χ3n) is 2.61. The van der Waals surface area contributed by atoms with Crippen LogP contribution in [0.1, 0.15) is 21.1 Å². The maximum atomic E-state index is 12.1. The molecular formula is C13H17N5OS. The lowest BCUT2D eigenvalue weighted by atomic mass is 10.3. The molecule has 0 saturated carbocycles. The average molecular weight is 291 g/mol. The Morgan fingerprint density at radius 2 is 2.15 bits per heavy atom.